The Kier molecular flexibility index (Phi) is 3.91. The van der Waals surface area contributed by atoms with Gasteiger partial charge in [-0.1, -0.05) is 31.2 Å². The van der Waals surface area contributed by atoms with Crippen LogP contribution in [0.15, 0.2) is 24.3 Å². The van der Waals surface area contributed by atoms with Crippen LogP contribution in [0.5, 0.6) is 0 Å². The highest BCUT2D eigenvalue weighted by Gasteiger charge is 2.15. The second-order valence-corrected chi connectivity index (χ2v) is 4.81. The number of aromatic nitrogens is 3. The summed E-state index contributed by atoms with van der Waals surface area (Å²) in [4.78, 5) is 0. The van der Waals surface area contributed by atoms with Gasteiger partial charge in [0.05, 0.1) is 0 Å². The molecule has 0 spiro atoms. The predicted molar refractivity (Wildman–Crippen MR) is 69.6 cm³/mol. The first-order chi connectivity index (χ1) is 9.11. The number of aryl methyl sites for hydroxylation is 1. The average molecular weight is 258 g/mol. The largest absolute Gasteiger partial charge is 0.243 e. The van der Waals surface area contributed by atoms with Crippen molar-refractivity contribution in [2.24, 2.45) is 5.92 Å². The van der Waals surface area contributed by atoms with Gasteiger partial charge < -0.3 is 0 Å². The van der Waals surface area contributed by atoms with Crippen LogP contribution in [-0.2, 0) is 6.54 Å². The molecule has 0 aliphatic carbocycles. The van der Waals surface area contributed by atoms with E-state index in [9.17, 15) is 4.39 Å². The summed E-state index contributed by atoms with van der Waals surface area (Å²) < 4.78 is 15.0. The van der Waals surface area contributed by atoms with Crippen molar-refractivity contribution in [2.45, 2.75) is 26.8 Å². The van der Waals surface area contributed by atoms with Crippen molar-refractivity contribution < 1.29 is 4.39 Å². The third-order valence-electron chi connectivity index (χ3n) is 2.86. The Morgan fingerprint density at radius 2 is 2.21 bits per heavy atom. The van der Waals surface area contributed by atoms with Gasteiger partial charge in [0.2, 0.25) is 0 Å². The zero-order valence-corrected chi connectivity index (χ0v) is 11.0. The monoisotopic (exact) mass is 258 g/mol. The van der Waals surface area contributed by atoms with Crippen LogP contribution in [0.1, 0.15) is 26.0 Å². The highest BCUT2D eigenvalue weighted by Crippen LogP contribution is 2.23. The number of hydrogen-bond acceptors (Lipinski definition) is 3. The van der Waals surface area contributed by atoms with E-state index in [-0.39, 0.29) is 11.5 Å². The summed E-state index contributed by atoms with van der Waals surface area (Å²) >= 11 is 0. The summed E-state index contributed by atoms with van der Waals surface area (Å²) in [7, 11) is 0. The van der Waals surface area contributed by atoms with Crippen molar-refractivity contribution in [3.63, 3.8) is 0 Å². The Hall–Kier alpha value is -2.22. The quantitative estimate of drug-likeness (QED) is 0.847. The lowest BCUT2D eigenvalue weighted by molar-refractivity contribution is 0.481. The molecule has 0 amide bonds. The third kappa shape index (κ3) is 2.97. The number of halogens is 1. The number of nitrogens with zero attached hydrogens (tertiary/aromatic N) is 4. The van der Waals surface area contributed by atoms with Crippen LogP contribution in [0.2, 0.25) is 0 Å². The standard InChI is InChI=1S/C14H15FN4/c1-10(2)6-7-19-14(13(9-16)17-18-19)11-4-3-5-12(15)8-11/h3-5,8,10H,6-7H2,1-2H3. The summed E-state index contributed by atoms with van der Waals surface area (Å²) in [5.74, 6) is 0.188. The Morgan fingerprint density at radius 1 is 1.42 bits per heavy atom. The number of benzene rings is 1. The van der Waals surface area contributed by atoms with Crippen molar-refractivity contribution in [3.05, 3.63) is 35.8 Å². The fraction of sp³-hybridized carbons (Fsp3) is 0.357. The minimum absolute atomic E-state index is 0.231. The van der Waals surface area contributed by atoms with E-state index in [0.29, 0.717) is 23.7 Å². The van der Waals surface area contributed by atoms with E-state index in [1.807, 2.05) is 6.07 Å². The normalized spacial score (nSPS) is 10.7. The minimum Gasteiger partial charge on any atom is -0.243 e. The van der Waals surface area contributed by atoms with Crippen LogP contribution < -0.4 is 0 Å². The molecule has 2 rings (SSSR count). The van der Waals surface area contributed by atoms with Crippen molar-refractivity contribution >= 4 is 0 Å². The molecule has 19 heavy (non-hydrogen) atoms. The summed E-state index contributed by atoms with van der Waals surface area (Å²) in [6.45, 7) is 4.90. The smallest absolute Gasteiger partial charge is 0.190 e. The summed E-state index contributed by atoms with van der Waals surface area (Å²) in [6, 6.07) is 8.15. The number of hydrogen-bond donors (Lipinski definition) is 0. The SMILES string of the molecule is CC(C)CCn1nnc(C#N)c1-c1cccc(F)c1. The van der Waals surface area contributed by atoms with Gasteiger partial charge in [0.1, 0.15) is 17.6 Å². The van der Waals surface area contributed by atoms with Gasteiger partial charge >= 0.3 is 0 Å². The summed E-state index contributed by atoms with van der Waals surface area (Å²) in [5, 5.41) is 16.9. The van der Waals surface area contributed by atoms with Gasteiger partial charge in [0.25, 0.3) is 0 Å². The molecule has 0 radical (unpaired) electrons. The van der Waals surface area contributed by atoms with Crippen LogP contribution in [0.4, 0.5) is 4.39 Å². The lowest BCUT2D eigenvalue weighted by atomic mass is 10.1. The van der Waals surface area contributed by atoms with Gasteiger partial charge in [0, 0.05) is 12.1 Å². The molecule has 0 N–H and O–H groups in total. The number of rotatable bonds is 4. The Morgan fingerprint density at radius 3 is 2.84 bits per heavy atom. The van der Waals surface area contributed by atoms with Crippen molar-refractivity contribution in [1.29, 1.82) is 5.26 Å². The van der Waals surface area contributed by atoms with E-state index >= 15 is 0 Å². The molecule has 1 heterocycles. The maximum absolute atomic E-state index is 13.3. The zero-order valence-electron chi connectivity index (χ0n) is 11.0. The molecule has 98 valence electrons. The minimum atomic E-state index is -0.335. The Labute approximate surface area is 111 Å². The van der Waals surface area contributed by atoms with E-state index in [1.165, 1.54) is 12.1 Å². The van der Waals surface area contributed by atoms with E-state index in [2.05, 4.69) is 24.2 Å². The fourth-order valence-electron chi connectivity index (χ4n) is 1.85. The second kappa shape index (κ2) is 5.61. The van der Waals surface area contributed by atoms with Gasteiger partial charge in [-0.05, 0) is 24.5 Å². The lowest BCUT2D eigenvalue weighted by Gasteiger charge is -2.08. The van der Waals surface area contributed by atoms with Crippen molar-refractivity contribution in [2.75, 3.05) is 0 Å². The van der Waals surface area contributed by atoms with Crippen LogP contribution in [0, 0.1) is 23.1 Å². The molecule has 0 bridgehead atoms. The molecule has 0 aliphatic heterocycles. The molecule has 0 fully saturated rings. The summed E-state index contributed by atoms with van der Waals surface area (Å²) in [5.41, 5.74) is 1.45. The number of nitriles is 1. The molecule has 4 nitrogen and oxygen atoms in total. The topological polar surface area (TPSA) is 54.5 Å². The van der Waals surface area contributed by atoms with Gasteiger partial charge in [-0.15, -0.1) is 5.10 Å². The zero-order chi connectivity index (χ0) is 13.8. The molecular formula is C14H15FN4. The van der Waals surface area contributed by atoms with Gasteiger partial charge in [0.15, 0.2) is 5.69 Å². The van der Waals surface area contributed by atoms with Gasteiger partial charge in [-0.3, -0.25) is 0 Å². The molecule has 0 aliphatic rings. The van der Waals surface area contributed by atoms with Crippen LogP contribution in [-0.4, -0.2) is 15.0 Å². The molecule has 5 heteroatoms. The van der Waals surface area contributed by atoms with Crippen LogP contribution in [0.3, 0.4) is 0 Å². The molecule has 1 aromatic heterocycles. The van der Waals surface area contributed by atoms with E-state index < -0.39 is 0 Å². The highest BCUT2D eigenvalue weighted by molar-refractivity contribution is 5.64. The first kappa shape index (κ1) is 13.2. The van der Waals surface area contributed by atoms with E-state index in [4.69, 9.17) is 5.26 Å². The maximum atomic E-state index is 13.3. The van der Waals surface area contributed by atoms with Crippen molar-refractivity contribution in [3.8, 4) is 17.3 Å². The molecule has 0 saturated carbocycles. The second-order valence-electron chi connectivity index (χ2n) is 4.81. The summed E-state index contributed by atoms with van der Waals surface area (Å²) in [6.07, 6.45) is 0.927. The predicted octanol–water partition coefficient (Wildman–Crippen LogP) is 3.00. The maximum Gasteiger partial charge on any atom is 0.190 e. The van der Waals surface area contributed by atoms with Gasteiger partial charge in [-0.25, -0.2) is 9.07 Å². The van der Waals surface area contributed by atoms with Gasteiger partial charge in [-0.2, -0.15) is 5.26 Å². The Balaban J connectivity index is 2.42. The first-order valence-corrected chi connectivity index (χ1v) is 6.21. The lowest BCUT2D eigenvalue weighted by Crippen LogP contribution is -2.05. The third-order valence-corrected chi connectivity index (χ3v) is 2.86. The van der Waals surface area contributed by atoms with Crippen LogP contribution in [0.25, 0.3) is 11.3 Å². The van der Waals surface area contributed by atoms with E-state index in [1.54, 1.807) is 16.8 Å². The molecule has 0 atom stereocenters. The fourth-order valence-corrected chi connectivity index (χ4v) is 1.85. The average Bonchev–Trinajstić information content (AvgIpc) is 2.79. The van der Waals surface area contributed by atoms with E-state index in [0.717, 1.165) is 6.42 Å². The molecule has 1 aromatic carbocycles. The molecular weight excluding hydrogens is 243 g/mol. The van der Waals surface area contributed by atoms with Crippen LogP contribution >= 0.6 is 0 Å². The first-order valence-electron chi connectivity index (χ1n) is 6.21. The molecule has 0 saturated heterocycles. The highest BCUT2D eigenvalue weighted by atomic mass is 19.1. The van der Waals surface area contributed by atoms with Crippen molar-refractivity contribution in [1.82, 2.24) is 15.0 Å². The molecule has 2 aromatic rings. The Bertz CT molecular complexity index is 610. The molecule has 0 unspecified atom stereocenters.